The number of amides is 3. The largest absolute Gasteiger partial charge is 0.354 e. The zero-order chi connectivity index (χ0) is 24.2. The summed E-state index contributed by atoms with van der Waals surface area (Å²) in [6.45, 7) is 6.66. The topological polar surface area (TPSA) is 69.7 Å². The molecule has 1 heterocycles. The third-order valence-corrected chi connectivity index (χ3v) is 6.35. The Morgan fingerprint density at radius 1 is 1.00 bits per heavy atom. The lowest BCUT2D eigenvalue weighted by atomic mass is 10.1. The summed E-state index contributed by atoms with van der Waals surface area (Å²) >= 11 is 0. The first-order valence-electron chi connectivity index (χ1n) is 11.9. The highest BCUT2D eigenvalue weighted by molar-refractivity contribution is 6.26. The maximum absolute atomic E-state index is 13.7. The van der Waals surface area contributed by atoms with Crippen molar-refractivity contribution in [2.45, 2.75) is 46.2 Å². The minimum Gasteiger partial charge on any atom is -0.354 e. The fourth-order valence-corrected chi connectivity index (χ4v) is 4.54. The van der Waals surface area contributed by atoms with Crippen molar-refractivity contribution in [3.8, 4) is 0 Å². The molecule has 0 saturated carbocycles. The van der Waals surface area contributed by atoms with Crippen molar-refractivity contribution in [1.29, 1.82) is 0 Å². The Morgan fingerprint density at radius 3 is 2.38 bits per heavy atom. The van der Waals surface area contributed by atoms with Gasteiger partial charge in [-0.15, -0.1) is 0 Å². The van der Waals surface area contributed by atoms with Gasteiger partial charge in [-0.1, -0.05) is 67.9 Å². The third-order valence-electron chi connectivity index (χ3n) is 6.35. The second-order valence-electron chi connectivity index (χ2n) is 8.79. The Labute approximate surface area is 200 Å². The molecule has 1 N–H and O–H groups in total. The molecule has 0 unspecified atom stereocenters. The Hall–Kier alpha value is -3.67. The van der Waals surface area contributed by atoms with Crippen LogP contribution in [0.15, 0.2) is 60.7 Å². The van der Waals surface area contributed by atoms with Crippen LogP contribution in [0.4, 0.5) is 5.69 Å². The summed E-state index contributed by atoms with van der Waals surface area (Å²) in [6.07, 6.45) is 1.30. The van der Waals surface area contributed by atoms with Gasteiger partial charge in [-0.05, 0) is 42.8 Å². The van der Waals surface area contributed by atoms with E-state index >= 15 is 0 Å². The van der Waals surface area contributed by atoms with Gasteiger partial charge in [-0.3, -0.25) is 19.3 Å². The van der Waals surface area contributed by atoms with Crippen LogP contribution in [0.5, 0.6) is 0 Å². The summed E-state index contributed by atoms with van der Waals surface area (Å²) in [6, 6.07) is 18.7. The van der Waals surface area contributed by atoms with Crippen molar-refractivity contribution in [3.63, 3.8) is 0 Å². The lowest BCUT2D eigenvalue weighted by Crippen LogP contribution is -2.52. The van der Waals surface area contributed by atoms with Gasteiger partial charge in [-0.25, -0.2) is 0 Å². The predicted molar refractivity (Wildman–Crippen MR) is 135 cm³/mol. The van der Waals surface area contributed by atoms with Crippen LogP contribution in [0, 0.1) is 6.92 Å². The van der Waals surface area contributed by atoms with Crippen LogP contribution in [0.3, 0.4) is 0 Å². The van der Waals surface area contributed by atoms with E-state index in [0.29, 0.717) is 25.1 Å². The quantitative estimate of drug-likeness (QED) is 0.516. The van der Waals surface area contributed by atoms with Crippen molar-refractivity contribution >= 4 is 34.2 Å². The summed E-state index contributed by atoms with van der Waals surface area (Å²) in [5.41, 5.74) is 3.42. The second-order valence-corrected chi connectivity index (χ2v) is 8.79. The summed E-state index contributed by atoms with van der Waals surface area (Å²) in [4.78, 5) is 43.1. The van der Waals surface area contributed by atoms with E-state index in [2.05, 4.69) is 5.32 Å². The van der Waals surface area contributed by atoms with Crippen LogP contribution in [0.2, 0.25) is 0 Å². The first-order chi connectivity index (χ1) is 16.4. The monoisotopic (exact) mass is 457 g/mol. The van der Waals surface area contributed by atoms with Crippen LogP contribution >= 0.6 is 0 Å². The normalized spacial score (nSPS) is 13.3. The molecule has 0 spiro atoms. The first kappa shape index (κ1) is 23.5. The molecule has 6 heteroatoms. The molecule has 3 amide bonds. The zero-order valence-corrected chi connectivity index (χ0v) is 20.0. The van der Waals surface area contributed by atoms with Crippen LogP contribution in [0.1, 0.15) is 48.2 Å². The van der Waals surface area contributed by atoms with Gasteiger partial charge in [0, 0.05) is 24.0 Å². The lowest BCUT2D eigenvalue weighted by Gasteiger charge is -2.32. The zero-order valence-electron chi connectivity index (χ0n) is 20.0. The Balaban J connectivity index is 1.64. The lowest BCUT2D eigenvalue weighted by molar-refractivity contribution is -0.140. The van der Waals surface area contributed by atoms with E-state index in [1.54, 1.807) is 15.9 Å². The molecule has 176 valence electrons. The van der Waals surface area contributed by atoms with Gasteiger partial charge in [0.1, 0.15) is 12.6 Å². The average Bonchev–Trinajstić information content (AvgIpc) is 3.11. The number of anilines is 1. The molecule has 34 heavy (non-hydrogen) atoms. The Kier molecular flexibility index (Phi) is 6.96. The number of nitrogens with one attached hydrogen (secondary N) is 1. The second kappa shape index (κ2) is 10.1. The van der Waals surface area contributed by atoms with Gasteiger partial charge >= 0.3 is 0 Å². The molecule has 0 bridgehead atoms. The average molecular weight is 458 g/mol. The first-order valence-corrected chi connectivity index (χ1v) is 11.9. The van der Waals surface area contributed by atoms with E-state index in [4.69, 9.17) is 0 Å². The number of benzene rings is 3. The fourth-order valence-electron chi connectivity index (χ4n) is 4.54. The Bertz CT molecular complexity index is 1210. The van der Waals surface area contributed by atoms with Crippen molar-refractivity contribution in [2.24, 2.45) is 0 Å². The molecule has 3 aromatic carbocycles. The van der Waals surface area contributed by atoms with E-state index < -0.39 is 6.04 Å². The molecular formula is C28H31N3O3. The van der Waals surface area contributed by atoms with Gasteiger partial charge in [0.15, 0.2) is 0 Å². The number of hydrogen-bond donors (Lipinski definition) is 1. The SMILES string of the molecule is CCCNC(=O)[C@H](CC)N(Cc1ccc(C)cc1)C(=O)CN1C(=O)c2cccc3cccc1c23. The molecule has 6 nitrogen and oxygen atoms in total. The molecule has 1 atom stereocenters. The van der Waals surface area contributed by atoms with Crippen molar-refractivity contribution in [1.82, 2.24) is 10.2 Å². The van der Waals surface area contributed by atoms with Gasteiger partial charge < -0.3 is 10.2 Å². The van der Waals surface area contributed by atoms with Gasteiger partial charge in [0.25, 0.3) is 5.91 Å². The minimum absolute atomic E-state index is 0.115. The molecule has 4 rings (SSSR count). The van der Waals surface area contributed by atoms with Crippen LogP contribution in [-0.4, -0.2) is 41.8 Å². The van der Waals surface area contributed by atoms with Gasteiger partial charge in [0.2, 0.25) is 11.8 Å². The molecule has 1 aliphatic heterocycles. The van der Waals surface area contributed by atoms with Gasteiger partial charge in [0.05, 0.1) is 5.69 Å². The summed E-state index contributed by atoms with van der Waals surface area (Å²) in [5.74, 6) is -0.598. The van der Waals surface area contributed by atoms with Crippen molar-refractivity contribution in [3.05, 3.63) is 77.4 Å². The van der Waals surface area contributed by atoms with E-state index in [1.807, 2.05) is 75.4 Å². The number of carbonyl (C=O) groups is 3. The van der Waals surface area contributed by atoms with Gasteiger partial charge in [-0.2, -0.15) is 0 Å². The third kappa shape index (κ3) is 4.53. The smallest absolute Gasteiger partial charge is 0.259 e. The summed E-state index contributed by atoms with van der Waals surface area (Å²) in [5, 5.41) is 4.78. The van der Waals surface area contributed by atoms with Crippen LogP contribution in [-0.2, 0) is 16.1 Å². The summed E-state index contributed by atoms with van der Waals surface area (Å²) < 4.78 is 0. The maximum atomic E-state index is 13.7. The van der Waals surface area contributed by atoms with E-state index in [1.165, 1.54) is 0 Å². The standard InChI is InChI=1S/C28H31N3O3/c1-4-16-29-27(33)23(5-2)30(17-20-14-12-19(3)13-15-20)25(32)18-31-24-11-7-9-21-8-6-10-22(26(21)24)28(31)34/h6-15,23H,4-5,16-18H2,1-3H3,(H,29,33)/t23-/m0/s1. The number of hydrogen-bond acceptors (Lipinski definition) is 3. The van der Waals surface area contributed by atoms with E-state index in [0.717, 1.165) is 34.0 Å². The molecule has 0 aromatic heterocycles. The number of nitrogens with zero attached hydrogens (tertiary/aromatic N) is 2. The predicted octanol–water partition coefficient (Wildman–Crippen LogP) is 4.44. The molecule has 1 aliphatic rings. The van der Waals surface area contributed by atoms with Crippen molar-refractivity contribution < 1.29 is 14.4 Å². The van der Waals surface area contributed by atoms with Crippen LogP contribution < -0.4 is 10.2 Å². The van der Waals surface area contributed by atoms with Crippen LogP contribution in [0.25, 0.3) is 10.8 Å². The van der Waals surface area contributed by atoms with E-state index in [9.17, 15) is 14.4 Å². The number of rotatable bonds is 9. The van der Waals surface area contributed by atoms with E-state index in [-0.39, 0.29) is 24.3 Å². The summed E-state index contributed by atoms with van der Waals surface area (Å²) in [7, 11) is 0. The molecule has 0 fully saturated rings. The molecule has 0 radical (unpaired) electrons. The van der Waals surface area contributed by atoms with Crippen molar-refractivity contribution in [2.75, 3.05) is 18.0 Å². The molecular weight excluding hydrogens is 426 g/mol. The number of aryl methyl sites for hydroxylation is 1. The number of carbonyl (C=O) groups excluding carboxylic acids is 3. The fraction of sp³-hybridized carbons (Fsp3) is 0.321. The Morgan fingerprint density at radius 2 is 1.71 bits per heavy atom. The minimum atomic E-state index is -0.615. The molecule has 0 saturated heterocycles. The maximum Gasteiger partial charge on any atom is 0.259 e. The highest BCUT2D eigenvalue weighted by Gasteiger charge is 2.35. The molecule has 3 aromatic rings. The molecule has 0 aliphatic carbocycles. The highest BCUT2D eigenvalue weighted by Crippen LogP contribution is 2.37. The highest BCUT2D eigenvalue weighted by atomic mass is 16.2.